The topological polar surface area (TPSA) is 77.5 Å². The van der Waals surface area contributed by atoms with E-state index in [-0.39, 0.29) is 10.8 Å². The van der Waals surface area contributed by atoms with E-state index >= 15 is 0 Å². The third-order valence-electron chi connectivity index (χ3n) is 2.87. The average Bonchev–Trinajstić information content (AvgIpc) is 2.56. The summed E-state index contributed by atoms with van der Waals surface area (Å²) in [5, 5.41) is 2.97. The molecule has 126 valence electrons. The van der Waals surface area contributed by atoms with E-state index in [0.29, 0.717) is 17.2 Å². The van der Waals surface area contributed by atoms with Gasteiger partial charge in [0, 0.05) is 13.3 Å². The summed E-state index contributed by atoms with van der Waals surface area (Å²) in [6.45, 7) is -0.0870. The molecule has 0 bridgehead atoms. The first kappa shape index (κ1) is 18.2. The van der Waals surface area contributed by atoms with Gasteiger partial charge in [0.2, 0.25) is 0 Å². The van der Waals surface area contributed by atoms with E-state index < -0.39 is 18.5 Å². The second-order valence-corrected chi connectivity index (χ2v) is 5.59. The first-order valence-electron chi connectivity index (χ1n) is 6.85. The van der Waals surface area contributed by atoms with Crippen molar-refractivity contribution in [1.82, 2.24) is 4.98 Å². The summed E-state index contributed by atoms with van der Waals surface area (Å²) in [5.41, 5.74) is 1.16. The van der Waals surface area contributed by atoms with Crippen LogP contribution >= 0.6 is 23.2 Å². The lowest BCUT2D eigenvalue weighted by atomic mass is 10.1. The summed E-state index contributed by atoms with van der Waals surface area (Å²) in [7, 11) is 1.56. The molecule has 1 aromatic heterocycles. The lowest BCUT2D eigenvalue weighted by Gasteiger charge is -2.08. The average molecular weight is 369 g/mol. The molecule has 1 heterocycles. The zero-order valence-electron chi connectivity index (χ0n) is 12.7. The Morgan fingerprint density at radius 1 is 1.25 bits per heavy atom. The molecule has 0 saturated heterocycles. The van der Waals surface area contributed by atoms with Gasteiger partial charge in [-0.15, -0.1) is 0 Å². The van der Waals surface area contributed by atoms with Gasteiger partial charge in [-0.3, -0.25) is 4.79 Å². The van der Waals surface area contributed by atoms with Crippen LogP contribution in [0.2, 0.25) is 10.0 Å². The van der Waals surface area contributed by atoms with Gasteiger partial charge in [0.15, 0.2) is 12.4 Å². The summed E-state index contributed by atoms with van der Waals surface area (Å²) >= 11 is 11.6. The van der Waals surface area contributed by atoms with Gasteiger partial charge in [0.25, 0.3) is 5.91 Å². The molecule has 2 aromatic rings. The SMILES string of the molecule is COCc1cccc(C(=O)OCC(=O)Nc2ncc(Cl)cc2Cl)c1. The molecule has 6 nitrogen and oxygen atoms in total. The molecule has 0 radical (unpaired) electrons. The van der Waals surface area contributed by atoms with E-state index in [1.165, 1.54) is 12.3 Å². The van der Waals surface area contributed by atoms with Gasteiger partial charge >= 0.3 is 5.97 Å². The number of hydrogen-bond donors (Lipinski definition) is 1. The van der Waals surface area contributed by atoms with Crippen molar-refractivity contribution in [2.45, 2.75) is 6.61 Å². The zero-order valence-corrected chi connectivity index (χ0v) is 14.2. The van der Waals surface area contributed by atoms with Gasteiger partial charge in [0.05, 0.1) is 22.2 Å². The molecule has 0 aliphatic heterocycles. The maximum absolute atomic E-state index is 12.0. The van der Waals surface area contributed by atoms with E-state index in [4.69, 9.17) is 32.7 Å². The number of ether oxygens (including phenoxy) is 2. The van der Waals surface area contributed by atoms with Crippen LogP contribution in [0.15, 0.2) is 36.5 Å². The van der Waals surface area contributed by atoms with Crippen LogP contribution in [0.3, 0.4) is 0 Å². The third kappa shape index (κ3) is 5.19. The normalized spacial score (nSPS) is 10.3. The zero-order chi connectivity index (χ0) is 17.5. The van der Waals surface area contributed by atoms with Crippen LogP contribution in [0.25, 0.3) is 0 Å². The predicted molar refractivity (Wildman–Crippen MR) is 90.3 cm³/mol. The number of pyridine rings is 1. The molecule has 24 heavy (non-hydrogen) atoms. The quantitative estimate of drug-likeness (QED) is 0.791. The van der Waals surface area contributed by atoms with Crippen LogP contribution in [0.4, 0.5) is 5.82 Å². The highest BCUT2D eigenvalue weighted by Gasteiger charge is 2.12. The Hall–Kier alpha value is -2.15. The van der Waals surface area contributed by atoms with Crippen molar-refractivity contribution in [3.05, 3.63) is 57.7 Å². The number of nitrogens with one attached hydrogen (secondary N) is 1. The van der Waals surface area contributed by atoms with Gasteiger partial charge < -0.3 is 14.8 Å². The van der Waals surface area contributed by atoms with E-state index in [9.17, 15) is 9.59 Å². The fourth-order valence-electron chi connectivity index (χ4n) is 1.84. The first-order valence-corrected chi connectivity index (χ1v) is 7.61. The molecule has 1 aromatic carbocycles. The van der Waals surface area contributed by atoms with Crippen LogP contribution < -0.4 is 5.32 Å². The number of aromatic nitrogens is 1. The molecule has 0 spiro atoms. The molecule has 8 heteroatoms. The van der Waals surface area contributed by atoms with Crippen LogP contribution in [0, 0.1) is 0 Å². The second kappa shape index (κ2) is 8.63. The van der Waals surface area contributed by atoms with E-state index in [0.717, 1.165) is 5.56 Å². The highest BCUT2D eigenvalue weighted by Crippen LogP contribution is 2.22. The molecule has 0 aliphatic rings. The minimum absolute atomic E-state index is 0.143. The van der Waals surface area contributed by atoms with Gasteiger partial charge in [-0.05, 0) is 23.8 Å². The van der Waals surface area contributed by atoms with Gasteiger partial charge in [-0.1, -0.05) is 35.3 Å². The smallest absolute Gasteiger partial charge is 0.338 e. The van der Waals surface area contributed by atoms with Crippen molar-refractivity contribution in [3.63, 3.8) is 0 Å². The highest BCUT2D eigenvalue weighted by molar-refractivity contribution is 6.36. The Balaban J connectivity index is 1.91. The lowest BCUT2D eigenvalue weighted by molar-refractivity contribution is -0.119. The van der Waals surface area contributed by atoms with E-state index in [2.05, 4.69) is 10.3 Å². The Bertz CT molecular complexity index is 753. The fourth-order valence-corrected chi connectivity index (χ4v) is 2.27. The summed E-state index contributed by atoms with van der Waals surface area (Å²) in [6, 6.07) is 8.21. The maximum Gasteiger partial charge on any atom is 0.338 e. The summed E-state index contributed by atoms with van der Waals surface area (Å²) in [4.78, 5) is 27.7. The van der Waals surface area contributed by atoms with Gasteiger partial charge in [0.1, 0.15) is 0 Å². The molecule has 2 rings (SSSR count). The lowest BCUT2D eigenvalue weighted by Crippen LogP contribution is -2.21. The number of esters is 1. The van der Waals surface area contributed by atoms with Crippen LogP contribution in [-0.4, -0.2) is 30.6 Å². The predicted octanol–water partition coefficient (Wildman–Crippen LogP) is 3.33. The first-order chi connectivity index (χ1) is 11.5. The molecular weight excluding hydrogens is 355 g/mol. The summed E-state index contributed by atoms with van der Waals surface area (Å²) < 4.78 is 9.97. The monoisotopic (exact) mass is 368 g/mol. The maximum atomic E-state index is 12.0. The summed E-state index contributed by atoms with van der Waals surface area (Å²) in [5.74, 6) is -1.03. The number of anilines is 1. The van der Waals surface area contributed by atoms with Crippen LogP contribution in [-0.2, 0) is 20.9 Å². The molecule has 0 aliphatic carbocycles. The number of benzene rings is 1. The Kier molecular flexibility index (Phi) is 6.54. The standard InChI is InChI=1S/C16H14Cl2N2O4/c1-23-8-10-3-2-4-11(5-10)16(22)24-9-14(21)20-15-13(18)6-12(17)7-19-15/h2-7H,8-9H2,1H3,(H,19,20,21). The number of carbonyl (C=O) groups excluding carboxylic acids is 2. The Morgan fingerprint density at radius 3 is 2.75 bits per heavy atom. The number of nitrogens with zero attached hydrogens (tertiary/aromatic N) is 1. The number of hydrogen-bond acceptors (Lipinski definition) is 5. The van der Waals surface area contributed by atoms with Crippen molar-refractivity contribution >= 4 is 40.9 Å². The number of rotatable bonds is 6. The number of carbonyl (C=O) groups is 2. The molecule has 0 saturated carbocycles. The minimum Gasteiger partial charge on any atom is -0.452 e. The van der Waals surface area contributed by atoms with Gasteiger partial charge in [-0.25, -0.2) is 9.78 Å². The van der Waals surface area contributed by atoms with Gasteiger partial charge in [-0.2, -0.15) is 0 Å². The highest BCUT2D eigenvalue weighted by atomic mass is 35.5. The van der Waals surface area contributed by atoms with E-state index in [1.807, 2.05) is 6.07 Å². The van der Waals surface area contributed by atoms with Crippen LogP contribution in [0.1, 0.15) is 15.9 Å². The third-order valence-corrected chi connectivity index (χ3v) is 3.37. The number of halogens is 2. The molecule has 0 unspecified atom stereocenters. The largest absolute Gasteiger partial charge is 0.452 e. The van der Waals surface area contributed by atoms with Crippen molar-refractivity contribution in [2.75, 3.05) is 19.0 Å². The molecule has 0 atom stereocenters. The Labute approximate surface area is 148 Å². The summed E-state index contributed by atoms with van der Waals surface area (Å²) in [6.07, 6.45) is 1.34. The molecule has 1 amide bonds. The molecule has 1 N–H and O–H groups in total. The minimum atomic E-state index is -0.613. The van der Waals surface area contributed by atoms with Crippen molar-refractivity contribution in [2.24, 2.45) is 0 Å². The van der Waals surface area contributed by atoms with Crippen LogP contribution in [0.5, 0.6) is 0 Å². The number of methoxy groups -OCH3 is 1. The fraction of sp³-hybridized carbons (Fsp3) is 0.188. The number of amides is 1. The Morgan fingerprint density at radius 2 is 2.04 bits per heavy atom. The van der Waals surface area contributed by atoms with Crippen molar-refractivity contribution in [3.8, 4) is 0 Å². The van der Waals surface area contributed by atoms with Crippen molar-refractivity contribution < 1.29 is 19.1 Å². The second-order valence-electron chi connectivity index (χ2n) is 4.74. The van der Waals surface area contributed by atoms with E-state index in [1.54, 1.807) is 25.3 Å². The molecule has 0 fully saturated rings. The van der Waals surface area contributed by atoms with Crippen molar-refractivity contribution in [1.29, 1.82) is 0 Å². The molecular formula is C16H14Cl2N2O4.